The highest BCUT2D eigenvalue weighted by molar-refractivity contribution is 5.98. The molecule has 40 heavy (non-hydrogen) atoms. The Bertz CT molecular complexity index is 1640. The van der Waals surface area contributed by atoms with Crippen LogP contribution in [-0.2, 0) is 14.3 Å². The molecular weight excluding hydrogens is 509 g/mol. The van der Waals surface area contributed by atoms with E-state index in [1.165, 1.54) is 6.07 Å². The third-order valence-electron chi connectivity index (χ3n) is 7.76. The van der Waals surface area contributed by atoms with Crippen molar-refractivity contribution in [1.82, 2.24) is 0 Å². The summed E-state index contributed by atoms with van der Waals surface area (Å²) < 4.78 is 31.8. The van der Waals surface area contributed by atoms with Gasteiger partial charge >= 0.3 is 5.97 Å². The van der Waals surface area contributed by atoms with Gasteiger partial charge in [0.05, 0.1) is 25.9 Å². The fourth-order valence-corrected chi connectivity index (χ4v) is 5.84. The molecule has 1 fully saturated rings. The van der Waals surface area contributed by atoms with E-state index < -0.39 is 11.9 Å². The maximum absolute atomic E-state index is 14.9. The Labute approximate surface area is 232 Å². The van der Waals surface area contributed by atoms with Crippen molar-refractivity contribution in [3.8, 4) is 22.6 Å². The van der Waals surface area contributed by atoms with Crippen LogP contribution in [0, 0.1) is 5.82 Å². The van der Waals surface area contributed by atoms with E-state index in [0.717, 1.165) is 11.1 Å². The van der Waals surface area contributed by atoms with Crippen LogP contribution in [0.3, 0.4) is 0 Å². The molecule has 1 saturated heterocycles. The minimum Gasteiger partial charge on any atom is -0.508 e. The molecule has 7 heteroatoms. The second-order valence-corrected chi connectivity index (χ2v) is 10.2. The summed E-state index contributed by atoms with van der Waals surface area (Å²) in [4.78, 5) is 13.8. The molecule has 2 N–H and O–H groups in total. The van der Waals surface area contributed by atoms with E-state index in [-0.39, 0.29) is 17.7 Å². The summed E-state index contributed by atoms with van der Waals surface area (Å²) >= 11 is 0. The fourth-order valence-electron chi connectivity index (χ4n) is 5.84. The number of carbonyl (C=O) groups excluding carboxylic acids is 1. The fraction of sp³-hybridized carbons (Fsp3) is 0.242. The molecule has 0 aromatic heterocycles. The van der Waals surface area contributed by atoms with Gasteiger partial charge in [0, 0.05) is 46.7 Å². The molecular formula is C33H30FNO5. The lowest BCUT2D eigenvalue weighted by molar-refractivity contribution is -0.148. The van der Waals surface area contributed by atoms with E-state index in [1.807, 2.05) is 49.4 Å². The lowest BCUT2D eigenvalue weighted by Crippen LogP contribution is -2.30. The number of hydrogen-bond acceptors (Lipinski definition) is 6. The molecule has 0 radical (unpaired) electrons. The quantitative estimate of drug-likeness (QED) is 0.268. The molecule has 6 nitrogen and oxygen atoms in total. The number of phenolic OH excluding ortho intramolecular Hbond substituents is 1. The molecule has 2 aliphatic heterocycles. The van der Waals surface area contributed by atoms with Crippen molar-refractivity contribution in [3.05, 3.63) is 101 Å². The number of methoxy groups -OCH3 is 1. The summed E-state index contributed by atoms with van der Waals surface area (Å²) in [6.07, 6.45) is 0.995. The molecule has 4 aromatic rings. The number of anilines is 1. The first-order valence-electron chi connectivity index (χ1n) is 13.4. The van der Waals surface area contributed by atoms with Crippen molar-refractivity contribution in [3.63, 3.8) is 0 Å². The summed E-state index contributed by atoms with van der Waals surface area (Å²) in [5.74, 6) is -0.828. The number of aromatic hydroxyl groups is 1. The smallest absolute Gasteiger partial charge is 0.337 e. The molecule has 204 valence electrons. The van der Waals surface area contributed by atoms with Gasteiger partial charge in [0.15, 0.2) is 0 Å². The van der Waals surface area contributed by atoms with Crippen molar-refractivity contribution in [1.29, 1.82) is 0 Å². The number of benzene rings is 4. The standard InChI is InChI=1S/C33H30FNO5/c1-19-30(33(37)40-21-13-15-39-16-14-21)31(25-11-12-26(34)24-9-4-3-8-23(24)25)32-27(35-19)17-20(18-28(32)36)22-7-5-6-10-29(22)38-2/h3-12,17-18,21,31,35-36H,13-16H2,1-2H3/t31-/m0/s1. The number of nitrogens with one attached hydrogen (secondary N) is 1. The van der Waals surface area contributed by atoms with E-state index in [2.05, 4.69) is 5.32 Å². The maximum Gasteiger partial charge on any atom is 0.337 e. The van der Waals surface area contributed by atoms with Gasteiger partial charge < -0.3 is 24.6 Å². The van der Waals surface area contributed by atoms with Gasteiger partial charge in [-0.05, 0) is 47.7 Å². The first kappa shape index (κ1) is 25.9. The van der Waals surface area contributed by atoms with Crippen LogP contribution in [0.4, 0.5) is 10.1 Å². The van der Waals surface area contributed by atoms with Gasteiger partial charge in [0.1, 0.15) is 23.4 Å². The summed E-state index contributed by atoms with van der Waals surface area (Å²) in [6.45, 7) is 2.90. The van der Waals surface area contributed by atoms with E-state index in [0.29, 0.717) is 70.7 Å². The van der Waals surface area contributed by atoms with Gasteiger partial charge in [-0.1, -0.05) is 48.5 Å². The van der Waals surface area contributed by atoms with Crippen LogP contribution < -0.4 is 10.1 Å². The molecule has 1 atom stereocenters. The van der Waals surface area contributed by atoms with Gasteiger partial charge in [0.25, 0.3) is 0 Å². The molecule has 0 aliphatic carbocycles. The van der Waals surface area contributed by atoms with Gasteiger partial charge in [-0.2, -0.15) is 0 Å². The number of esters is 1. The molecule has 2 aliphatic rings. The molecule has 6 rings (SSSR count). The number of phenols is 1. The van der Waals surface area contributed by atoms with Crippen LogP contribution in [0.15, 0.2) is 84.1 Å². The third kappa shape index (κ3) is 4.56. The normalized spacial score (nSPS) is 17.3. The monoisotopic (exact) mass is 539 g/mol. The Morgan fingerprint density at radius 1 is 1.00 bits per heavy atom. The summed E-state index contributed by atoms with van der Waals surface area (Å²) in [7, 11) is 1.61. The Morgan fingerprint density at radius 2 is 1.73 bits per heavy atom. The predicted molar refractivity (Wildman–Crippen MR) is 152 cm³/mol. The largest absolute Gasteiger partial charge is 0.508 e. The van der Waals surface area contributed by atoms with Crippen molar-refractivity contribution in [2.75, 3.05) is 25.6 Å². The lowest BCUT2D eigenvalue weighted by Gasteiger charge is -2.33. The molecule has 2 heterocycles. The molecule has 0 bridgehead atoms. The number of ether oxygens (including phenoxy) is 3. The minimum atomic E-state index is -0.694. The summed E-state index contributed by atoms with van der Waals surface area (Å²) in [6, 6.07) is 21.5. The van der Waals surface area contributed by atoms with E-state index >= 15 is 0 Å². The zero-order valence-corrected chi connectivity index (χ0v) is 22.4. The molecule has 0 saturated carbocycles. The zero-order valence-electron chi connectivity index (χ0n) is 22.4. The summed E-state index contributed by atoms with van der Waals surface area (Å²) in [5, 5.41) is 16.0. The maximum atomic E-state index is 14.9. The topological polar surface area (TPSA) is 77.0 Å². The Hall–Kier alpha value is -4.36. The molecule has 4 aromatic carbocycles. The highest BCUT2D eigenvalue weighted by Crippen LogP contribution is 2.50. The van der Waals surface area contributed by atoms with Crippen LogP contribution >= 0.6 is 0 Å². The summed E-state index contributed by atoms with van der Waals surface area (Å²) in [5.41, 5.74) is 4.46. The van der Waals surface area contributed by atoms with Crippen molar-refractivity contribution >= 4 is 22.4 Å². The van der Waals surface area contributed by atoms with Gasteiger partial charge in [0.2, 0.25) is 0 Å². The second-order valence-electron chi connectivity index (χ2n) is 10.2. The number of rotatable bonds is 5. The van der Waals surface area contributed by atoms with Crippen LogP contribution in [-0.4, -0.2) is 37.5 Å². The van der Waals surface area contributed by atoms with Crippen molar-refractivity contribution in [2.45, 2.75) is 31.8 Å². The molecule has 0 unspecified atom stereocenters. The average molecular weight is 540 g/mol. The highest BCUT2D eigenvalue weighted by Gasteiger charge is 2.37. The van der Waals surface area contributed by atoms with E-state index in [1.54, 1.807) is 31.4 Å². The van der Waals surface area contributed by atoms with E-state index in [4.69, 9.17) is 14.2 Å². The Kier molecular flexibility index (Phi) is 6.90. The molecule has 0 spiro atoms. The van der Waals surface area contributed by atoms with Crippen molar-refractivity contribution < 1.29 is 28.5 Å². The van der Waals surface area contributed by atoms with E-state index in [9.17, 15) is 14.3 Å². The minimum absolute atomic E-state index is 0.00757. The lowest BCUT2D eigenvalue weighted by atomic mass is 9.78. The number of fused-ring (bicyclic) bond motifs is 2. The van der Waals surface area contributed by atoms with Gasteiger partial charge in [-0.25, -0.2) is 9.18 Å². The predicted octanol–water partition coefficient (Wildman–Crippen LogP) is 6.91. The molecule has 0 amide bonds. The van der Waals surface area contributed by atoms with Crippen LogP contribution in [0.1, 0.15) is 36.8 Å². The number of carbonyl (C=O) groups is 1. The highest BCUT2D eigenvalue weighted by atomic mass is 19.1. The second kappa shape index (κ2) is 10.7. The average Bonchev–Trinajstić information content (AvgIpc) is 2.97. The third-order valence-corrected chi connectivity index (χ3v) is 7.76. The zero-order chi connectivity index (χ0) is 27.8. The van der Waals surface area contributed by atoms with Gasteiger partial charge in [-0.3, -0.25) is 0 Å². The van der Waals surface area contributed by atoms with Crippen LogP contribution in [0.25, 0.3) is 21.9 Å². The number of allylic oxidation sites excluding steroid dienone is 1. The van der Waals surface area contributed by atoms with Crippen LogP contribution in [0.5, 0.6) is 11.5 Å². The Morgan fingerprint density at radius 3 is 2.50 bits per heavy atom. The number of para-hydroxylation sites is 1. The number of halogens is 1. The number of hydrogen-bond donors (Lipinski definition) is 2. The van der Waals surface area contributed by atoms with Gasteiger partial charge in [-0.15, -0.1) is 0 Å². The van der Waals surface area contributed by atoms with Crippen molar-refractivity contribution in [2.24, 2.45) is 0 Å². The first-order valence-corrected chi connectivity index (χ1v) is 13.4. The Balaban J connectivity index is 1.54. The van der Waals surface area contributed by atoms with Crippen LogP contribution in [0.2, 0.25) is 0 Å². The SMILES string of the molecule is COc1ccccc1-c1cc(O)c2c(c1)NC(C)=C(C(=O)OC1CCOCC1)[C@@H]2c1ccc(F)c2ccccc12. The first-order chi connectivity index (χ1) is 19.5.